The summed E-state index contributed by atoms with van der Waals surface area (Å²) in [5, 5.41) is 7.65. The van der Waals surface area contributed by atoms with Gasteiger partial charge in [-0.3, -0.25) is 14.4 Å². The number of carbonyl (C=O) groups is 1. The van der Waals surface area contributed by atoms with Gasteiger partial charge in [0.2, 0.25) is 5.91 Å². The summed E-state index contributed by atoms with van der Waals surface area (Å²) in [4.78, 5) is 17.4. The van der Waals surface area contributed by atoms with E-state index in [1.54, 1.807) is 0 Å². The van der Waals surface area contributed by atoms with Crippen molar-refractivity contribution in [2.45, 2.75) is 31.7 Å². The van der Waals surface area contributed by atoms with E-state index in [1.165, 1.54) is 24.9 Å². The molecule has 1 aromatic rings. The Hall–Kier alpha value is -0.820. The highest BCUT2D eigenvalue weighted by Gasteiger charge is 2.37. The third kappa shape index (κ3) is 4.88. The normalized spacial score (nSPS) is 26.1. The zero-order chi connectivity index (χ0) is 16.4. The van der Waals surface area contributed by atoms with Crippen LogP contribution >= 0.6 is 24.8 Å². The third-order valence-electron chi connectivity index (χ3n) is 5.45. The Bertz CT molecular complexity index is 553. The van der Waals surface area contributed by atoms with Gasteiger partial charge in [-0.25, -0.2) is 0 Å². The molecule has 1 N–H and O–H groups in total. The topological polar surface area (TPSA) is 53.4 Å². The zero-order valence-corrected chi connectivity index (χ0v) is 17.0. The number of aryl methyl sites for hydroxylation is 1. The summed E-state index contributed by atoms with van der Waals surface area (Å²) in [6.07, 6.45) is 6.39. The predicted octanol–water partition coefficient (Wildman–Crippen LogP) is 1.51. The van der Waals surface area contributed by atoms with Gasteiger partial charge < -0.3 is 10.2 Å². The summed E-state index contributed by atoms with van der Waals surface area (Å²) >= 11 is 0. The molecule has 0 aliphatic carbocycles. The van der Waals surface area contributed by atoms with Crippen molar-refractivity contribution in [2.75, 3.05) is 39.8 Å². The highest BCUT2D eigenvalue weighted by atomic mass is 35.5. The Morgan fingerprint density at radius 1 is 1.40 bits per heavy atom. The van der Waals surface area contributed by atoms with Crippen LogP contribution in [-0.2, 0) is 11.8 Å². The van der Waals surface area contributed by atoms with Crippen molar-refractivity contribution < 1.29 is 4.79 Å². The van der Waals surface area contributed by atoms with Gasteiger partial charge in [0, 0.05) is 51.9 Å². The van der Waals surface area contributed by atoms with E-state index < -0.39 is 0 Å². The van der Waals surface area contributed by atoms with E-state index in [0.29, 0.717) is 6.04 Å². The van der Waals surface area contributed by atoms with Crippen LogP contribution < -0.4 is 5.32 Å². The largest absolute Gasteiger partial charge is 0.344 e. The smallest absolute Gasteiger partial charge is 0.227 e. The molecular weight excluding hydrogens is 361 g/mol. The average molecular weight is 392 g/mol. The summed E-state index contributed by atoms with van der Waals surface area (Å²) < 4.78 is 1.82. The first-order valence-electron chi connectivity index (χ1n) is 8.78. The molecule has 144 valence electrons. The molecule has 25 heavy (non-hydrogen) atoms. The number of halogens is 2. The average Bonchev–Trinajstić information content (AvgIpc) is 3.25. The molecule has 3 atom stereocenters. The van der Waals surface area contributed by atoms with Crippen LogP contribution in [0.25, 0.3) is 0 Å². The number of nitrogens with zero attached hydrogens (tertiary/aromatic N) is 4. The fourth-order valence-corrected chi connectivity index (χ4v) is 4.13. The van der Waals surface area contributed by atoms with Crippen molar-refractivity contribution in [2.24, 2.45) is 13.0 Å². The zero-order valence-electron chi connectivity index (χ0n) is 15.4. The number of hydrogen-bond donors (Lipinski definition) is 1. The second-order valence-corrected chi connectivity index (χ2v) is 6.96. The van der Waals surface area contributed by atoms with Crippen molar-refractivity contribution in [1.82, 2.24) is 24.9 Å². The quantitative estimate of drug-likeness (QED) is 0.826. The molecule has 0 radical (unpaired) electrons. The minimum Gasteiger partial charge on any atom is -0.344 e. The SMILES string of the molecule is CCN1CCCC1CN(C)C(=O)[C@H]1CNC[C@@H]1c1cnn(C)c1.Cl.Cl. The molecule has 8 heteroatoms. The van der Waals surface area contributed by atoms with Crippen LogP contribution in [0.4, 0.5) is 0 Å². The first kappa shape index (κ1) is 22.2. The van der Waals surface area contributed by atoms with Crippen LogP contribution in [0.5, 0.6) is 0 Å². The number of carbonyl (C=O) groups excluding carboxylic acids is 1. The van der Waals surface area contributed by atoms with Gasteiger partial charge in [-0.15, -0.1) is 24.8 Å². The van der Waals surface area contributed by atoms with E-state index in [-0.39, 0.29) is 42.6 Å². The van der Waals surface area contributed by atoms with Crippen LogP contribution in [-0.4, -0.2) is 71.3 Å². The molecule has 6 nitrogen and oxygen atoms in total. The molecule has 2 aliphatic heterocycles. The lowest BCUT2D eigenvalue weighted by Gasteiger charge is -2.30. The summed E-state index contributed by atoms with van der Waals surface area (Å²) in [6, 6.07) is 0.528. The molecule has 1 aromatic heterocycles. The fourth-order valence-electron chi connectivity index (χ4n) is 4.13. The Kier molecular flexibility index (Phi) is 8.68. The van der Waals surface area contributed by atoms with Crippen LogP contribution in [0.2, 0.25) is 0 Å². The van der Waals surface area contributed by atoms with Crippen LogP contribution in [0, 0.1) is 5.92 Å². The second kappa shape index (κ2) is 9.76. The van der Waals surface area contributed by atoms with Crippen LogP contribution in [0.3, 0.4) is 0 Å². The van der Waals surface area contributed by atoms with Crippen molar-refractivity contribution in [3.63, 3.8) is 0 Å². The number of likely N-dealkylation sites (tertiary alicyclic amines) is 1. The Labute approximate surface area is 163 Å². The maximum absolute atomic E-state index is 13.0. The van der Waals surface area contributed by atoms with Crippen molar-refractivity contribution in [3.05, 3.63) is 18.0 Å². The maximum atomic E-state index is 13.0. The summed E-state index contributed by atoms with van der Waals surface area (Å²) in [6.45, 7) is 6.94. The Morgan fingerprint density at radius 3 is 2.80 bits per heavy atom. The molecular formula is C17H31Cl2N5O. The molecule has 2 aliphatic rings. The number of amides is 1. The number of rotatable bonds is 5. The first-order valence-corrected chi connectivity index (χ1v) is 8.78. The highest BCUT2D eigenvalue weighted by Crippen LogP contribution is 2.29. The molecule has 3 heterocycles. The van der Waals surface area contributed by atoms with E-state index in [1.807, 2.05) is 36.1 Å². The van der Waals surface area contributed by atoms with Gasteiger partial charge in [0.25, 0.3) is 0 Å². The molecule has 0 aromatic carbocycles. The lowest BCUT2D eigenvalue weighted by atomic mass is 9.90. The van der Waals surface area contributed by atoms with Gasteiger partial charge >= 0.3 is 0 Å². The number of nitrogens with one attached hydrogen (secondary N) is 1. The first-order chi connectivity index (χ1) is 11.1. The standard InChI is InChI=1S/C17H29N5O.2ClH/c1-4-22-7-5-6-14(22)12-20(2)17(23)16-10-18-9-15(16)13-8-19-21(3)11-13;;/h8,11,14-16,18H,4-7,9-10,12H2,1-3H3;2*1H/t14?,15-,16+;;/m1../s1. The van der Waals surface area contributed by atoms with Gasteiger partial charge in [-0.1, -0.05) is 6.92 Å². The van der Waals surface area contributed by atoms with E-state index in [9.17, 15) is 4.79 Å². The Balaban J connectivity index is 0.00000156. The van der Waals surface area contributed by atoms with Crippen molar-refractivity contribution in [1.29, 1.82) is 0 Å². The molecule has 2 fully saturated rings. The summed E-state index contributed by atoms with van der Waals surface area (Å²) in [5.74, 6) is 0.539. The van der Waals surface area contributed by atoms with Crippen molar-refractivity contribution >= 4 is 30.7 Å². The van der Waals surface area contributed by atoms with Gasteiger partial charge in [-0.05, 0) is 31.5 Å². The van der Waals surface area contributed by atoms with E-state index in [2.05, 4.69) is 22.2 Å². The molecule has 1 unspecified atom stereocenters. The maximum Gasteiger partial charge on any atom is 0.227 e. The molecule has 2 saturated heterocycles. The van der Waals surface area contributed by atoms with Gasteiger partial charge in [0.05, 0.1) is 12.1 Å². The number of aromatic nitrogens is 2. The Morgan fingerprint density at radius 2 is 2.16 bits per heavy atom. The highest BCUT2D eigenvalue weighted by molar-refractivity contribution is 5.85. The summed E-state index contributed by atoms with van der Waals surface area (Å²) in [7, 11) is 3.89. The van der Waals surface area contributed by atoms with Crippen LogP contribution in [0.15, 0.2) is 12.4 Å². The second-order valence-electron chi connectivity index (χ2n) is 6.96. The fraction of sp³-hybridized carbons (Fsp3) is 0.765. The van der Waals surface area contributed by atoms with Crippen LogP contribution in [0.1, 0.15) is 31.2 Å². The van der Waals surface area contributed by atoms with Gasteiger partial charge in [-0.2, -0.15) is 5.10 Å². The molecule has 3 rings (SSSR count). The van der Waals surface area contributed by atoms with Gasteiger partial charge in [0.15, 0.2) is 0 Å². The van der Waals surface area contributed by atoms with E-state index >= 15 is 0 Å². The lowest BCUT2D eigenvalue weighted by Crippen LogP contribution is -2.44. The lowest BCUT2D eigenvalue weighted by molar-refractivity contribution is -0.134. The minimum atomic E-state index is 0. The summed E-state index contributed by atoms with van der Waals surface area (Å²) in [5.41, 5.74) is 1.17. The third-order valence-corrected chi connectivity index (χ3v) is 5.45. The monoisotopic (exact) mass is 391 g/mol. The predicted molar refractivity (Wildman–Crippen MR) is 105 cm³/mol. The molecule has 1 amide bonds. The van der Waals surface area contributed by atoms with E-state index in [0.717, 1.165) is 26.2 Å². The minimum absolute atomic E-state index is 0. The molecule has 0 saturated carbocycles. The number of hydrogen-bond acceptors (Lipinski definition) is 4. The van der Waals surface area contributed by atoms with Gasteiger partial charge in [0.1, 0.15) is 0 Å². The van der Waals surface area contributed by atoms with E-state index in [4.69, 9.17) is 0 Å². The number of likely N-dealkylation sites (N-methyl/N-ethyl adjacent to an activating group) is 2. The van der Waals surface area contributed by atoms with Crippen molar-refractivity contribution in [3.8, 4) is 0 Å². The molecule has 0 spiro atoms. The molecule has 0 bridgehead atoms.